The van der Waals surface area contributed by atoms with Gasteiger partial charge in [0.1, 0.15) is 5.82 Å². The molecule has 2 rings (SSSR count). The van der Waals surface area contributed by atoms with Crippen LogP contribution < -0.4 is 10.6 Å². The summed E-state index contributed by atoms with van der Waals surface area (Å²) in [5, 5.41) is 10.6. The van der Waals surface area contributed by atoms with E-state index in [-0.39, 0.29) is 11.2 Å². The largest absolute Gasteiger partial charge is 0.356 e. The highest BCUT2D eigenvalue weighted by Gasteiger charge is 2.24. The predicted octanol–water partition coefficient (Wildman–Crippen LogP) is 2.20. The summed E-state index contributed by atoms with van der Waals surface area (Å²) in [7, 11) is 3.61. The molecule has 0 radical (unpaired) electrons. The monoisotopic (exact) mass is 317 g/mol. The lowest BCUT2D eigenvalue weighted by atomic mass is 9.84. The summed E-state index contributed by atoms with van der Waals surface area (Å²) < 4.78 is 15.8. The van der Waals surface area contributed by atoms with Gasteiger partial charge in [0.05, 0.1) is 12.2 Å². The Hall–Kier alpha value is -2.37. The molecule has 1 aromatic heterocycles. The molecular formula is C17H24FN5. The van der Waals surface area contributed by atoms with Gasteiger partial charge in [-0.1, -0.05) is 32.0 Å². The van der Waals surface area contributed by atoms with Crippen LogP contribution in [0.3, 0.4) is 0 Å². The molecule has 0 spiro atoms. The maximum atomic E-state index is 14.0. The van der Waals surface area contributed by atoms with Crippen molar-refractivity contribution in [2.24, 2.45) is 12.0 Å². The Labute approximate surface area is 136 Å². The second-order valence-electron chi connectivity index (χ2n) is 6.09. The van der Waals surface area contributed by atoms with Crippen molar-refractivity contribution in [2.75, 3.05) is 13.6 Å². The summed E-state index contributed by atoms with van der Waals surface area (Å²) in [6.07, 6.45) is 1.76. The molecule has 0 amide bonds. The standard InChI is InChI=1S/C17H24FN5/c1-17(2,14-7-5-6-8-15(14)18)12-21-16(19-3)20-11-13-9-10-22-23(13)4/h5-10H,11-12H2,1-4H3,(H2,19,20,21). The van der Waals surface area contributed by atoms with E-state index in [1.165, 1.54) is 6.07 Å². The molecule has 0 aliphatic heterocycles. The van der Waals surface area contributed by atoms with E-state index in [0.29, 0.717) is 24.6 Å². The summed E-state index contributed by atoms with van der Waals surface area (Å²) in [5.41, 5.74) is 1.39. The fourth-order valence-electron chi connectivity index (χ4n) is 2.38. The number of benzene rings is 1. The Morgan fingerprint density at radius 3 is 2.61 bits per heavy atom. The lowest BCUT2D eigenvalue weighted by molar-refractivity contribution is 0.473. The summed E-state index contributed by atoms with van der Waals surface area (Å²) >= 11 is 0. The lowest BCUT2D eigenvalue weighted by Gasteiger charge is -2.27. The van der Waals surface area contributed by atoms with Gasteiger partial charge >= 0.3 is 0 Å². The number of halogens is 1. The van der Waals surface area contributed by atoms with E-state index in [1.807, 2.05) is 43.8 Å². The molecule has 0 saturated heterocycles. The lowest BCUT2D eigenvalue weighted by Crippen LogP contribution is -2.43. The zero-order valence-corrected chi connectivity index (χ0v) is 14.1. The van der Waals surface area contributed by atoms with Gasteiger partial charge in [0.2, 0.25) is 0 Å². The van der Waals surface area contributed by atoms with Crippen LogP contribution in [-0.4, -0.2) is 29.3 Å². The van der Waals surface area contributed by atoms with Gasteiger partial charge in [-0.05, 0) is 17.7 Å². The number of aromatic nitrogens is 2. The Bertz CT molecular complexity index is 675. The van der Waals surface area contributed by atoms with Crippen LogP contribution >= 0.6 is 0 Å². The molecule has 0 atom stereocenters. The number of nitrogens with zero attached hydrogens (tertiary/aromatic N) is 3. The second kappa shape index (κ2) is 7.26. The number of rotatable bonds is 5. The molecule has 0 unspecified atom stereocenters. The van der Waals surface area contributed by atoms with E-state index >= 15 is 0 Å². The summed E-state index contributed by atoms with van der Waals surface area (Å²) in [6.45, 7) is 5.20. The van der Waals surface area contributed by atoms with Crippen LogP contribution in [-0.2, 0) is 19.0 Å². The van der Waals surface area contributed by atoms with Crippen LogP contribution in [0.1, 0.15) is 25.1 Å². The Balaban J connectivity index is 1.95. The third kappa shape index (κ3) is 4.31. The van der Waals surface area contributed by atoms with E-state index < -0.39 is 0 Å². The van der Waals surface area contributed by atoms with Crippen LogP contribution in [0.15, 0.2) is 41.5 Å². The fraction of sp³-hybridized carbons (Fsp3) is 0.412. The second-order valence-corrected chi connectivity index (χ2v) is 6.09. The van der Waals surface area contributed by atoms with Gasteiger partial charge in [0.25, 0.3) is 0 Å². The third-order valence-corrected chi connectivity index (χ3v) is 3.88. The van der Waals surface area contributed by atoms with Gasteiger partial charge in [-0.15, -0.1) is 0 Å². The van der Waals surface area contributed by atoms with Crippen molar-refractivity contribution in [3.05, 3.63) is 53.6 Å². The zero-order chi connectivity index (χ0) is 16.9. The first-order chi connectivity index (χ1) is 10.9. The molecule has 5 nitrogen and oxygen atoms in total. The van der Waals surface area contributed by atoms with E-state index in [4.69, 9.17) is 0 Å². The first-order valence-electron chi connectivity index (χ1n) is 7.60. The number of aryl methyl sites for hydroxylation is 1. The number of nitrogens with one attached hydrogen (secondary N) is 2. The molecule has 124 valence electrons. The van der Waals surface area contributed by atoms with Gasteiger partial charge < -0.3 is 10.6 Å². The van der Waals surface area contributed by atoms with Crippen molar-refractivity contribution in [1.82, 2.24) is 20.4 Å². The van der Waals surface area contributed by atoms with E-state index in [0.717, 1.165) is 5.69 Å². The van der Waals surface area contributed by atoms with Crippen LogP contribution in [0, 0.1) is 5.82 Å². The first-order valence-corrected chi connectivity index (χ1v) is 7.60. The molecule has 0 saturated carbocycles. The van der Waals surface area contributed by atoms with Crippen molar-refractivity contribution in [3.8, 4) is 0 Å². The molecule has 6 heteroatoms. The van der Waals surface area contributed by atoms with Crippen molar-refractivity contribution in [3.63, 3.8) is 0 Å². The smallest absolute Gasteiger partial charge is 0.191 e. The number of hydrogen-bond acceptors (Lipinski definition) is 2. The van der Waals surface area contributed by atoms with E-state index in [9.17, 15) is 4.39 Å². The molecule has 0 bridgehead atoms. The van der Waals surface area contributed by atoms with Gasteiger partial charge in [0.15, 0.2) is 5.96 Å². The first kappa shape index (κ1) is 17.0. The number of aliphatic imine (C=N–C) groups is 1. The summed E-state index contributed by atoms with van der Waals surface area (Å²) in [6, 6.07) is 8.82. The maximum absolute atomic E-state index is 14.0. The van der Waals surface area contributed by atoms with Gasteiger partial charge in [-0.2, -0.15) is 5.10 Å². The Morgan fingerprint density at radius 1 is 1.26 bits per heavy atom. The number of guanidine groups is 1. The topological polar surface area (TPSA) is 54.2 Å². The van der Waals surface area contributed by atoms with Crippen LogP contribution in [0.5, 0.6) is 0 Å². The van der Waals surface area contributed by atoms with Crippen LogP contribution in [0.4, 0.5) is 4.39 Å². The summed E-state index contributed by atoms with van der Waals surface area (Å²) in [5.74, 6) is 0.493. The minimum atomic E-state index is -0.352. The third-order valence-electron chi connectivity index (χ3n) is 3.88. The molecule has 2 aromatic rings. The highest BCUT2D eigenvalue weighted by molar-refractivity contribution is 5.79. The van der Waals surface area contributed by atoms with E-state index in [2.05, 4.69) is 20.7 Å². The molecule has 0 aliphatic rings. The quantitative estimate of drug-likeness (QED) is 0.657. The molecule has 1 heterocycles. The molecule has 2 N–H and O–H groups in total. The zero-order valence-electron chi connectivity index (χ0n) is 14.1. The van der Waals surface area contributed by atoms with Gasteiger partial charge in [0, 0.05) is 32.3 Å². The maximum Gasteiger partial charge on any atom is 0.191 e. The van der Waals surface area contributed by atoms with Gasteiger partial charge in [-0.25, -0.2) is 4.39 Å². The minimum Gasteiger partial charge on any atom is -0.356 e. The fourth-order valence-corrected chi connectivity index (χ4v) is 2.38. The normalized spacial score (nSPS) is 12.3. The van der Waals surface area contributed by atoms with Crippen molar-refractivity contribution in [2.45, 2.75) is 25.8 Å². The van der Waals surface area contributed by atoms with Crippen molar-refractivity contribution in [1.29, 1.82) is 0 Å². The number of hydrogen-bond donors (Lipinski definition) is 2. The minimum absolute atomic E-state index is 0.183. The predicted molar refractivity (Wildman–Crippen MR) is 90.8 cm³/mol. The molecule has 0 aliphatic carbocycles. The Kier molecular flexibility index (Phi) is 5.36. The average Bonchev–Trinajstić information content (AvgIpc) is 2.93. The van der Waals surface area contributed by atoms with Crippen LogP contribution in [0.25, 0.3) is 0 Å². The molecular weight excluding hydrogens is 293 g/mol. The molecule has 0 fully saturated rings. The van der Waals surface area contributed by atoms with Crippen molar-refractivity contribution < 1.29 is 4.39 Å². The highest BCUT2D eigenvalue weighted by atomic mass is 19.1. The van der Waals surface area contributed by atoms with E-state index in [1.54, 1.807) is 19.3 Å². The van der Waals surface area contributed by atoms with Crippen LogP contribution in [0.2, 0.25) is 0 Å². The SMILES string of the molecule is CN=C(NCc1ccnn1C)NCC(C)(C)c1ccccc1F. The summed E-state index contributed by atoms with van der Waals surface area (Å²) in [4.78, 5) is 4.21. The molecule has 1 aromatic carbocycles. The molecule has 23 heavy (non-hydrogen) atoms. The van der Waals surface area contributed by atoms with Crippen molar-refractivity contribution >= 4 is 5.96 Å². The average molecular weight is 317 g/mol. The Morgan fingerprint density at radius 2 is 2.00 bits per heavy atom. The highest BCUT2D eigenvalue weighted by Crippen LogP contribution is 2.24. The van der Waals surface area contributed by atoms with Gasteiger partial charge in [-0.3, -0.25) is 9.67 Å².